The molecule has 1 amide bonds. The minimum atomic E-state index is -0.866. The molecular weight excluding hydrogens is 292 g/mol. The molecule has 2 saturated carbocycles. The lowest BCUT2D eigenvalue weighted by Crippen LogP contribution is -2.36. The second kappa shape index (κ2) is 6.05. The predicted octanol–water partition coefficient (Wildman–Crippen LogP) is 1.17. The molecule has 0 radical (unpaired) electrons. The molecule has 0 unspecified atom stereocenters. The molecule has 0 aliphatic heterocycles. The molecule has 1 heterocycles. The fraction of sp³-hybridized carbons (Fsp3) is 0.692. The smallest absolute Gasteiger partial charge is 0.305 e. The summed E-state index contributed by atoms with van der Waals surface area (Å²) in [5.41, 5.74) is 0. The summed E-state index contributed by atoms with van der Waals surface area (Å²) in [6.07, 6.45) is 5.97. The highest BCUT2D eigenvalue weighted by Crippen LogP contribution is 2.37. The Morgan fingerprint density at radius 2 is 2.14 bits per heavy atom. The summed E-state index contributed by atoms with van der Waals surface area (Å²) in [5, 5.41) is 17.5. The number of rotatable bonds is 8. The van der Waals surface area contributed by atoms with Gasteiger partial charge in [-0.1, -0.05) is 11.8 Å². The minimum Gasteiger partial charge on any atom is -0.481 e. The summed E-state index contributed by atoms with van der Waals surface area (Å²) in [6, 6.07) is 0.725. The van der Waals surface area contributed by atoms with Gasteiger partial charge < -0.3 is 14.6 Å². The van der Waals surface area contributed by atoms with E-state index < -0.39 is 5.97 Å². The van der Waals surface area contributed by atoms with Crippen LogP contribution in [-0.4, -0.2) is 55.0 Å². The van der Waals surface area contributed by atoms with Crippen molar-refractivity contribution >= 4 is 23.6 Å². The molecule has 0 bridgehead atoms. The molecular formula is C13H18N4O3S. The molecule has 0 saturated heterocycles. The average molecular weight is 310 g/mol. The van der Waals surface area contributed by atoms with Crippen molar-refractivity contribution < 1.29 is 14.7 Å². The van der Waals surface area contributed by atoms with Crippen molar-refractivity contribution in [1.29, 1.82) is 0 Å². The predicted molar refractivity (Wildman–Crippen MR) is 76.0 cm³/mol. The van der Waals surface area contributed by atoms with Gasteiger partial charge in [0.15, 0.2) is 5.16 Å². The van der Waals surface area contributed by atoms with Crippen molar-refractivity contribution in [2.75, 3.05) is 12.3 Å². The molecule has 2 aliphatic rings. The SMILES string of the molecule is O=C(O)CCN(C(=O)CSc1nncn1C1CC1)C1CC1. The molecule has 2 fully saturated rings. The lowest BCUT2D eigenvalue weighted by atomic mass is 10.3. The summed E-state index contributed by atoms with van der Waals surface area (Å²) in [6.45, 7) is 0.300. The van der Waals surface area contributed by atoms with E-state index in [-0.39, 0.29) is 18.4 Å². The zero-order valence-corrected chi connectivity index (χ0v) is 12.5. The van der Waals surface area contributed by atoms with E-state index in [1.54, 1.807) is 11.2 Å². The number of hydrogen-bond donors (Lipinski definition) is 1. The number of carboxylic acids is 1. The van der Waals surface area contributed by atoms with Gasteiger partial charge in [0.05, 0.1) is 12.2 Å². The third kappa shape index (κ3) is 3.75. The van der Waals surface area contributed by atoms with Crippen LogP contribution < -0.4 is 0 Å². The van der Waals surface area contributed by atoms with Crippen molar-refractivity contribution in [3.63, 3.8) is 0 Å². The van der Waals surface area contributed by atoms with E-state index in [1.807, 2.05) is 4.57 Å². The molecule has 8 heteroatoms. The number of aromatic nitrogens is 3. The van der Waals surface area contributed by atoms with E-state index >= 15 is 0 Å². The Balaban J connectivity index is 1.54. The maximum atomic E-state index is 12.3. The second-order valence-electron chi connectivity index (χ2n) is 5.50. The van der Waals surface area contributed by atoms with Gasteiger partial charge >= 0.3 is 5.97 Å². The number of carbonyl (C=O) groups excluding carboxylic acids is 1. The average Bonchev–Trinajstić information content (AvgIpc) is 3.36. The highest BCUT2D eigenvalue weighted by Gasteiger charge is 2.33. The van der Waals surface area contributed by atoms with Crippen LogP contribution in [0.1, 0.15) is 38.1 Å². The van der Waals surface area contributed by atoms with Gasteiger partial charge in [0.2, 0.25) is 5.91 Å². The number of nitrogens with zero attached hydrogens (tertiary/aromatic N) is 4. The summed E-state index contributed by atoms with van der Waals surface area (Å²) in [5.74, 6) is -0.578. The maximum absolute atomic E-state index is 12.3. The van der Waals surface area contributed by atoms with Crippen LogP contribution in [-0.2, 0) is 9.59 Å². The van der Waals surface area contributed by atoms with Crippen LogP contribution in [0.3, 0.4) is 0 Å². The van der Waals surface area contributed by atoms with Crippen LogP contribution in [0, 0.1) is 0 Å². The molecule has 114 valence electrons. The van der Waals surface area contributed by atoms with E-state index in [0.29, 0.717) is 18.3 Å². The van der Waals surface area contributed by atoms with Crippen LogP contribution in [0.4, 0.5) is 0 Å². The first-order valence-electron chi connectivity index (χ1n) is 7.18. The number of amides is 1. The molecule has 3 rings (SSSR count). The van der Waals surface area contributed by atoms with E-state index in [9.17, 15) is 9.59 Å². The third-order valence-corrected chi connectivity index (χ3v) is 4.62. The van der Waals surface area contributed by atoms with Crippen LogP contribution >= 0.6 is 11.8 Å². The quantitative estimate of drug-likeness (QED) is 0.725. The van der Waals surface area contributed by atoms with Gasteiger partial charge in [-0.05, 0) is 25.7 Å². The van der Waals surface area contributed by atoms with Gasteiger partial charge in [0.1, 0.15) is 6.33 Å². The van der Waals surface area contributed by atoms with Crippen molar-refractivity contribution in [2.45, 2.75) is 49.3 Å². The summed E-state index contributed by atoms with van der Waals surface area (Å²) in [7, 11) is 0. The third-order valence-electron chi connectivity index (χ3n) is 3.68. The van der Waals surface area contributed by atoms with Gasteiger partial charge in [0, 0.05) is 18.6 Å². The molecule has 0 spiro atoms. The Kier molecular flexibility index (Phi) is 4.14. The molecule has 2 aliphatic carbocycles. The zero-order valence-electron chi connectivity index (χ0n) is 11.6. The van der Waals surface area contributed by atoms with Crippen LogP contribution in [0.2, 0.25) is 0 Å². The first kappa shape index (κ1) is 14.4. The van der Waals surface area contributed by atoms with E-state index in [0.717, 1.165) is 30.8 Å². The molecule has 0 atom stereocenters. The monoisotopic (exact) mass is 310 g/mol. The first-order chi connectivity index (χ1) is 10.1. The number of carboxylic acid groups (broad SMARTS) is 1. The van der Waals surface area contributed by atoms with Crippen molar-refractivity contribution in [3.05, 3.63) is 6.33 Å². The van der Waals surface area contributed by atoms with Gasteiger partial charge in [-0.3, -0.25) is 9.59 Å². The Bertz CT molecular complexity index is 539. The van der Waals surface area contributed by atoms with Crippen molar-refractivity contribution in [2.24, 2.45) is 0 Å². The topological polar surface area (TPSA) is 88.3 Å². The molecule has 1 aromatic heterocycles. The van der Waals surface area contributed by atoms with Crippen LogP contribution in [0.5, 0.6) is 0 Å². The van der Waals surface area contributed by atoms with Crippen molar-refractivity contribution in [1.82, 2.24) is 19.7 Å². The Morgan fingerprint density at radius 1 is 1.38 bits per heavy atom. The standard InChI is InChI=1S/C13H18N4O3S/c18-11(16(9-1-2-9)6-5-12(19)20)7-21-13-15-14-8-17(13)10-3-4-10/h8-10H,1-7H2,(H,19,20). The van der Waals surface area contributed by atoms with Gasteiger partial charge in [-0.25, -0.2) is 0 Å². The van der Waals surface area contributed by atoms with E-state index in [1.165, 1.54) is 11.8 Å². The largest absolute Gasteiger partial charge is 0.481 e. The first-order valence-corrected chi connectivity index (χ1v) is 8.17. The highest BCUT2D eigenvalue weighted by atomic mass is 32.2. The summed E-state index contributed by atoms with van der Waals surface area (Å²) < 4.78 is 2.02. The number of aliphatic carboxylic acids is 1. The van der Waals surface area contributed by atoms with Crippen LogP contribution in [0.25, 0.3) is 0 Å². The van der Waals surface area contributed by atoms with E-state index in [2.05, 4.69) is 10.2 Å². The zero-order chi connectivity index (χ0) is 14.8. The summed E-state index contributed by atoms with van der Waals surface area (Å²) >= 11 is 1.39. The van der Waals surface area contributed by atoms with Gasteiger partial charge in [-0.15, -0.1) is 10.2 Å². The number of hydrogen-bond acceptors (Lipinski definition) is 5. The molecule has 7 nitrogen and oxygen atoms in total. The van der Waals surface area contributed by atoms with E-state index in [4.69, 9.17) is 5.11 Å². The van der Waals surface area contributed by atoms with Crippen LogP contribution in [0.15, 0.2) is 11.5 Å². The lowest BCUT2D eigenvalue weighted by Gasteiger charge is -2.21. The number of thioether (sulfide) groups is 1. The number of carbonyl (C=O) groups is 2. The molecule has 1 aromatic rings. The fourth-order valence-corrected chi connectivity index (χ4v) is 3.13. The molecule has 0 aromatic carbocycles. The highest BCUT2D eigenvalue weighted by molar-refractivity contribution is 7.99. The fourth-order valence-electron chi connectivity index (χ4n) is 2.26. The lowest BCUT2D eigenvalue weighted by molar-refractivity contribution is -0.138. The molecule has 1 N–H and O–H groups in total. The second-order valence-corrected chi connectivity index (χ2v) is 6.45. The Morgan fingerprint density at radius 3 is 2.76 bits per heavy atom. The Hall–Kier alpha value is -1.57. The Labute approximate surface area is 126 Å². The summed E-state index contributed by atoms with van der Waals surface area (Å²) in [4.78, 5) is 24.7. The van der Waals surface area contributed by atoms with Crippen molar-refractivity contribution in [3.8, 4) is 0 Å². The minimum absolute atomic E-state index is 0.00512. The van der Waals surface area contributed by atoms with Gasteiger partial charge in [-0.2, -0.15) is 0 Å². The van der Waals surface area contributed by atoms with Gasteiger partial charge in [0.25, 0.3) is 0 Å². The maximum Gasteiger partial charge on any atom is 0.305 e. The normalized spacial score (nSPS) is 17.7. The molecule has 21 heavy (non-hydrogen) atoms.